The Labute approximate surface area is 145 Å². The molecule has 0 saturated heterocycles. The van der Waals surface area contributed by atoms with Crippen LogP contribution in [0.1, 0.15) is 5.56 Å². The van der Waals surface area contributed by atoms with Crippen LogP contribution in [0.25, 0.3) is 22.4 Å². The van der Waals surface area contributed by atoms with Crippen LogP contribution in [-0.2, 0) is 13.6 Å². The van der Waals surface area contributed by atoms with Gasteiger partial charge in [0.05, 0.1) is 7.11 Å². The Kier molecular flexibility index (Phi) is 3.90. The number of ether oxygens (including phenoxy) is 1. The fraction of sp³-hybridized carbons (Fsp3) is 0.150. The quantitative estimate of drug-likeness (QED) is 0.586. The maximum atomic E-state index is 5.97. The number of benzene rings is 2. The van der Waals surface area contributed by atoms with Crippen LogP contribution in [0.2, 0.25) is 0 Å². The molecular formula is C20H19N3O2. The zero-order chi connectivity index (χ0) is 17.2. The van der Waals surface area contributed by atoms with Crippen LogP contribution in [0.5, 0.6) is 5.75 Å². The smallest absolute Gasteiger partial charge is 0.156 e. The second-order valence-electron chi connectivity index (χ2n) is 5.91. The van der Waals surface area contributed by atoms with Crippen molar-refractivity contribution in [2.75, 3.05) is 12.4 Å². The number of fused-ring (bicyclic) bond motifs is 1. The van der Waals surface area contributed by atoms with Gasteiger partial charge in [0.25, 0.3) is 0 Å². The van der Waals surface area contributed by atoms with Crippen molar-refractivity contribution in [2.24, 2.45) is 7.05 Å². The van der Waals surface area contributed by atoms with Gasteiger partial charge in [-0.3, -0.25) is 4.68 Å². The van der Waals surface area contributed by atoms with Gasteiger partial charge in [0.2, 0.25) is 0 Å². The third-order valence-corrected chi connectivity index (χ3v) is 4.12. The van der Waals surface area contributed by atoms with Gasteiger partial charge in [0.15, 0.2) is 5.76 Å². The number of aryl methyl sites for hydroxylation is 1. The third kappa shape index (κ3) is 3.08. The van der Waals surface area contributed by atoms with Crippen LogP contribution in [0.3, 0.4) is 0 Å². The van der Waals surface area contributed by atoms with Crippen LogP contribution in [0.4, 0.5) is 5.69 Å². The minimum atomic E-state index is 0.646. The molecule has 126 valence electrons. The fourth-order valence-corrected chi connectivity index (χ4v) is 2.90. The Morgan fingerprint density at radius 2 is 2.00 bits per heavy atom. The summed E-state index contributed by atoms with van der Waals surface area (Å²) in [6, 6.07) is 17.9. The molecule has 2 heterocycles. The van der Waals surface area contributed by atoms with E-state index in [9.17, 15) is 0 Å². The van der Waals surface area contributed by atoms with E-state index in [1.54, 1.807) is 7.11 Å². The molecule has 0 aliphatic heterocycles. The number of nitrogens with one attached hydrogen (secondary N) is 1. The molecule has 0 radical (unpaired) electrons. The summed E-state index contributed by atoms with van der Waals surface area (Å²) in [4.78, 5) is 0. The van der Waals surface area contributed by atoms with Gasteiger partial charge in [-0.05, 0) is 24.3 Å². The lowest BCUT2D eigenvalue weighted by Gasteiger charge is -2.07. The summed E-state index contributed by atoms with van der Waals surface area (Å²) in [7, 11) is 3.58. The van der Waals surface area contributed by atoms with Crippen molar-refractivity contribution >= 4 is 16.7 Å². The van der Waals surface area contributed by atoms with Crippen molar-refractivity contribution in [2.45, 2.75) is 6.54 Å². The molecule has 1 N–H and O–H groups in total. The standard InChI is InChI=1S/C20H19N3O2/c1-23-13-15(12-21-16-7-5-8-17(11-16)24-2)20(22-23)19-10-14-6-3-4-9-18(14)25-19/h3-11,13,21H,12H2,1-2H3. The van der Waals surface area contributed by atoms with Gasteiger partial charge in [0, 0.05) is 42.5 Å². The molecule has 0 aliphatic rings. The van der Waals surface area contributed by atoms with Crippen molar-refractivity contribution in [1.82, 2.24) is 9.78 Å². The Morgan fingerprint density at radius 1 is 1.12 bits per heavy atom. The number of furan rings is 1. The summed E-state index contributed by atoms with van der Waals surface area (Å²) in [5.41, 5.74) is 3.80. The average molecular weight is 333 g/mol. The van der Waals surface area contributed by atoms with E-state index >= 15 is 0 Å². The zero-order valence-corrected chi connectivity index (χ0v) is 14.2. The van der Waals surface area contributed by atoms with E-state index in [1.807, 2.05) is 72.5 Å². The van der Waals surface area contributed by atoms with Crippen LogP contribution in [0.15, 0.2) is 65.2 Å². The predicted octanol–water partition coefficient (Wildman–Crippen LogP) is 4.45. The molecule has 0 saturated carbocycles. The predicted molar refractivity (Wildman–Crippen MR) is 98.7 cm³/mol. The first-order valence-corrected chi connectivity index (χ1v) is 8.12. The molecular weight excluding hydrogens is 314 g/mol. The van der Waals surface area contributed by atoms with Gasteiger partial charge in [-0.2, -0.15) is 5.10 Å². The molecule has 0 amide bonds. The van der Waals surface area contributed by atoms with Crippen molar-refractivity contribution in [3.05, 3.63) is 66.4 Å². The molecule has 0 aliphatic carbocycles. The van der Waals surface area contributed by atoms with Gasteiger partial charge in [0.1, 0.15) is 17.0 Å². The number of hydrogen-bond acceptors (Lipinski definition) is 4. The maximum absolute atomic E-state index is 5.97. The molecule has 0 bridgehead atoms. The van der Waals surface area contributed by atoms with E-state index < -0.39 is 0 Å². The van der Waals surface area contributed by atoms with Crippen molar-refractivity contribution in [1.29, 1.82) is 0 Å². The van der Waals surface area contributed by atoms with Crippen LogP contribution in [0, 0.1) is 0 Å². The number of rotatable bonds is 5. The number of nitrogens with zero attached hydrogens (tertiary/aromatic N) is 2. The Balaban J connectivity index is 1.62. The molecule has 4 aromatic rings. The molecule has 5 heteroatoms. The second kappa shape index (κ2) is 6.36. The summed E-state index contributed by atoms with van der Waals surface area (Å²) in [5, 5.41) is 9.08. The minimum Gasteiger partial charge on any atom is -0.497 e. The second-order valence-corrected chi connectivity index (χ2v) is 5.91. The topological polar surface area (TPSA) is 52.2 Å². The molecule has 0 unspecified atom stereocenters. The van der Waals surface area contributed by atoms with Gasteiger partial charge in [-0.1, -0.05) is 24.3 Å². The fourth-order valence-electron chi connectivity index (χ4n) is 2.90. The normalized spacial score (nSPS) is 11.0. The first-order chi connectivity index (χ1) is 12.2. The molecule has 25 heavy (non-hydrogen) atoms. The Morgan fingerprint density at radius 3 is 2.84 bits per heavy atom. The van der Waals surface area contributed by atoms with Crippen molar-refractivity contribution in [3.63, 3.8) is 0 Å². The maximum Gasteiger partial charge on any atom is 0.156 e. The summed E-state index contributed by atoms with van der Waals surface area (Å²) < 4.78 is 13.0. The summed E-state index contributed by atoms with van der Waals surface area (Å²) in [6.07, 6.45) is 2.01. The molecule has 0 atom stereocenters. The van der Waals surface area contributed by atoms with Crippen LogP contribution >= 0.6 is 0 Å². The monoisotopic (exact) mass is 333 g/mol. The van der Waals surface area contributed by atoms with E-state index in [0.717, 1.165) is 39.4 Å². The number of anilines is 1. The highest BCUT2D eigenvalue weighted by Gasteiger charge is 2.14. The number of hydrogen-bond donors (Lipinski definition) is 1. The summed E-state index contributed by atoms with van der Waals surface area (Å²) >= 11 is 0. The van der Waals surface area contributed by atoms with Crippen LogP contribution in [-0.4, -0.2) is 16.9 Å². The van der Waals surface area contributed by atoms with Crippen molar-refractivity contribution < 1.29 is 9.15 Å². The zero-order valence-electron chi connectivity index (χ0n) is 14.2. The van der Waals surface area contributed by atoms with E-state index in [0.29, 0.717) is 6.54 Å². The summed E-state index contributed by atoms with van der Waals surface area (Å²) in [6.45, 7) is 0.646. The molecule has 0 spiro atoms. The van der Waals surface area contributed by atoms with E-state index in [4.69, 9.17) is 9.15 Å². The number of aromatic nitrogens is 2. The van der Waals surface area contributed by atoms with Gasteiger partial charge in [-0.25, -0.2) is 0 Å². The molecule has 0 fully saturated rings. The average Bonchev–Trinajstić information content (AvgIpc) is 3.23. The van der Waals surface area contributed by atoms with Crippen molar-refractivity contribution in [3.8, 4) is 17.2 Å². The largest absolute Gasteiger partial charge is 0.497 e. The first-order valence-electron chi connectivity index (χ1n) is 8.12. The highest BCUT2D eigenvalue weighted by molar-refractivity contribution is 5.82. The molecule has 5 nitrogen and oxygen atoms in total. The lowest BCUT2D eigenvalue weighted by atomic mass is 10.2. The Bertz CT molecular complexity index is 984. The van der Waals surface area contributed by atoms with E-state index in [2.05, 4.69) is 10.4 Å². The minimum absolute atomic E-state index is 0.646. The third-order valence-electron chi connectivity index (χ3n) is 4.12. The lowest BCUT2D eigenvalue weighted by molar-refractivity contribution is 0.415. The SMILES string of the molecule is COc1cccc(NCc2cn(C)nc2-c2cc3ccccc3o2)c1. The van der Waals surface area contributed by atoms with Gasteiger partial charge < -0.3 is 14.5 Å². The van der Waals surface area contributed by atoms with Gasteiger partial charge >= 0.3 is 0 Å². The lowest BCUT2D eigenvalue weighted by Crippen LogP contribution is -2.00. The number of para-hydroxylation sites is 1. The molecule has 2 aromatic carbocycles. The van der Waals surface area contributed by atoms with E-state index in [1.165, 1.54) is 0 Å². The Hall–Kier alpha value is -3.21. The highest BCUT2D eigenvalue weighted by atomic mass is 16.5. The number of methoxy groups -OCH3 is 1. The molecule has 2 aromatic heterocycles. The summed E-state index contributed by atoms with van der Waals surface area (Å²) in [5.74, 6) is 1.61. The van der Waals surface area contributed by atoms with Crippen LogP contribution < -0.4 is 10.1 Å². The van der Waals surface area contributed by atoms with Gasteiger partial charge in [-0.15, -0.1) is 0 Å². The first kappa shape index (κ1) is 15.3. The van der Waals surface area contributed by atoms with E-state index in [-0.39, 0.29) is 0 Å². The molecule has 4 rings (SSSR count). The highest BCUT2D eigenvalue weighted by Crippen LogP contribution is 2.29.